The first-order chi connectivity index (χ1) is 45.9. The Morgan fingerprint density at radius 3 is 0.968 bits per heavy atom. The van der Waals surface area contributed by atoms with Gasteiger partial charge in [-0.05, 0) is 149 Å². The summed E-state index contributed by atoms with van der Waals surface area (Å²) in [5, 5.41) is 9.05. The van der Waals surface area contributed by atoms with E-state index in [1.807, 2.05) is 0 Å². The first-order valence-electron chi connectivity index (χ1n) is 33.0. The second-order valence-corrected chi connectivity index (χ2v) is 27.8. The molecule has 2 unspecified atom stereocenters. The van der Waals surface area contributed by atoms with Gasteiger partial charge in [-0.25, -0.2) is 0 Å². The SMILES string of the molecule is CC(C)(C)C1(C2(C(C)(C)C)c3ccccc3-c3c2cc(N(c2ccc(-c4ccccc4)cc2)c2cccc4c2oc2ccccc24)c2ccccc32)c2ccccc2-c2c1cc(N(c1ccc(-c3ccccc3)cc1)c1cccc3c1oc1ccccc13)c1ccccc21. The monoisotopic (exact) mass is 1210 g/mol. The maximum Gasteiger partial charge on any atom is 0.159 e. The Morgan fingerprint density at radius 2 is 0.574 bits per heavy atom. The van der Waals surface area contributed by atoms with Crippen LogP contribution in [0.3, 0.4) is 0 Å². The molecule has 0 spiro atoms. The van der Waals surface area contributed by atoms with Crippen molar-refractivity contribution in [1.29, 1.82) is 0 Å². The van der Waals surface area contributed by atoms with Gasteiger partial charge in [0.05, 0.1) is 22.7 Å². The summed E-state index contributed by atoms with van der Waals surface area (Å²) in [5.74, 6) is 0. The number of fused-ring (bicyclic) bond motifs is 16. The molecule has 2 heterocycles. The minimum atomic E-state index is -0.793. The number of nitrogens with zero attached hydrogens (tertiary/aromatic N) is 2. The molecule has 94 heavy (non-hydrogen) atoms. The smallest absolute Gasteiger partial charge is 0.159 e. The Hall–Kier alpha value is -11.2. The van der Waals surface area contributed by atoms with Crippen LogP contribution in [-0.4, -0.2) is 0 Å². The van der Waals surface area contributed by atoms with Crippen LogP contribution in [0.1, 0.15) is 63.8 Å². The van der Waals surface area contributed by atoms with Crippen LogP contribution in [0.15, 0.2) is 312 Å². The van der Waals surface area contributed by atoms with Gasteiger partial charge < -0.3 is 18.6 Å². The number of hydrogen-bond acceptors (Lipinski definition) is 4. The van der Waals surface area contributed by atoms with Crippen LogP contribution < -0.4 is 9.80 Å². The zero-order valence-corrected chi connectivity index (χ0v) is 53.6. The first kappa shape index (κ1) is 55.6. The summed E-state index contributed by atoms with van der Waals surface area (Å²) in [6.45, 7) is 15.2. The highest BCUT2D eigenvalue weighted by Gasteiger charge is 2.71. The molecule has 2 atom stereocenters. The first-order valence-corrected chi connectivity index (χ1v) is 33.0. The molecule has 14 aromatic carbocycles. The van der Waals surface area contributed by atoms with Crippen LogP contribution in [0.5, 0.6) is 0 Å². The fraction of sp³-hybridized carbons (Fsp3) is 0.111. The van der Waals surface area contributed by atoms with Crippen molar-refractivity contribution in [2.24, 2.45) is 10.8 Å². The highest BCUT2D eigenvalue weighted by Crippen LogP contribution is 2.76. The maximum absolute atomic E-state index is 7.11. The number of rotatable bonds is 9. The fourth-order valence-corrected chi connectivity index (χ4v) is 17.6. The predicted molar refractivity (Wildman–Crippen MR) is 394 cm³/mol. The molecule has 16 aromatic rings. The van der Waals surface area contributed by atoms with Gasteiger partial charge in [-0.1, -0.05) is 284 Å². The molecule has 4 nitrogen and oxygen atoms in total. The second-order valence-electron chi connectivity index (χ2n) is 27.8. The van der Waals surface area contributed by atoms with Gasteiger partial charge in [-0.15, -0.1) is 0 Å². The second kappa shape index (κ2) is 20.7. The van der Waals surface area contributed by atoms with Gasteiger partial charge in [0.1, 0.15) is 11.2 Å². The van der Waals surface area contributed by atoms with Crippen LogP contribution in [0, 0.1) is 10.8 Å². The standard InChI is InChI=1S/C90H68N2O2/c1-87(2,3)89(73-41-21-17-37-71(73)83-67-35-15-13-31-63(67)79(55-75(83)89)91(61-51-47-59(48-52-61)57-27-9-7-10-28-57)77-43-25-39-69-65-33-19-23-45-81(65)93-85(69)77)90(88(4,5)6)74-42-22-18-38-72(74)84-68-36-16-14-32-64(68)80(56-76(84)90)92(62-53-49-60(50-54-62)58-29-11-8-12-30-58)78-44-26-40-70-66-34-20-24-46-82(66)94-86(70)78/h7-56H,1-6H3. The Morgan fingerprint density at radius 1 is 0.255 bits per heavy atom. The highest BCUT2D eigenvalue weighted by atomic mass is 16.3. The van der Waals surface area contributed by atoms with Crippen LogP contribution in [0.4, 0.5) is 34.1 Å². The van der Waals surface area contributed by atoms with Crippen molar-refractivity contribution in [2.45, 2.75) is 52.4 Å². The van der Waals surface area contributed by atoms with Crippen LogP contribution in [-0.2, 0) is 10.8 Å². The Kier molecular flexibility index (Phi) is 12.2. The number of anilines is 6. The molecule has 0 radical (unpaired) electrons. The topological polar surface area (TPSA) is 32.8 Å². The number of hydrogen-bond donors (Lipinski definition) is 0. The lowest BCUT2D eigenvalue weighted by atomic mass is 9.39. The van der Waals surface area contributed by atoms with Crippen molar-refractivity contribution < 1.29 is 8.83 Å². The van der Waals surface area contributed by atoms with E-state index in [0.29, 0.717) is 0 Å². The van der Waals surface area contributed by atoms with Crippen LogP contribution in [0.2, 0.25) is 0 Å². The average molecular weight is 1210 g/mol. The summed E-state index contributed by atoms with van der Waals surface area (Å²) in [4.78, 5) is 5.01. The molecular formula is C90H68N2O2. The van der Waals surface area contributed by atoms with Crippen molar-refractivity contribution in [1.82, 2.24) is 0 Å². The molecule has 4 heteroatoms. The summed E-state index contributed by atoms with van der Waals surface area (Å²) in [7, 11) is 0. The van der Waals surface area contributed by atoms with Gasteiger partial charge in [0, 0.05) is 54.5 Å². The van der Waals surface area contributed by atoms with Crippen molar-refractivity contribution in [3.05, 3.63) is 326 Å². The third-order valence-corrected chi connectivity index (χ3v) is 21.1. The molecule has 2 aliphatic carbocycles. The maximum atomic E-state index is 7.11. The Labute approximate surface area is 548 Å². The van der Waals surface area contributed by atoms with Crippen molar-refractivity contribution in [2.75, 3.05) is 9.80 Å². The number of benzene rings is 14. The van der Waals surface area contributed by atoms with Gasteiger partial charge in [0.25, 0.3) is 0 Å². The molecule has 0 bridgehead atoms. The largest absolute Gasteiger partial charge is 0.454 e. The number of para-hydroxylation sites is 4. The van der Waals surface area contributed by atoms with E-state index in [1.165, 1.54) is 66.4 Å². The highest BCUT2D eigenvalue weighted by molar-refractivity contribution is 6.17. The summed E-state index contributed by atoms with van der Waals surface area (Å²) in [6, 6.07) is 113. The lowest BCUT2D eigenvalue weighted by Crippen LogP contribution is -2.62. The summed E-state index contributed by atoms with van der Waals surface area (Å²) >= 11 is 0. The summed E-state index contributed by atoms with van der Waals surface area (Å²) < 4.78 is 14.2. The van der Waals surface area contributed by atoms with Gasteiger partial charge in [0.2, 0.25) is 0 Å². The normalized spacial score (nSPS) is 15.9. The predicted octanol–water partition coefficient (Wildman–Crippen LogP) is 25.4. The molecule has 0 saturated carbocycles. The van der Waals surface area contributed by atoms with Crippen molar-refractivity contribution in [3.63, 3.8) is 0 Å². The van der Waals surface area contributed by atoms with Crippen molar-refractivity contribution >= 4 is 99.5 Å². The van der Waals surface area contributed by atoms with Crippen LogP contribution >= 0.6 is 0 Å². The molecule has 0 saturated heterocycles. The lowest BCUT2D eigenvalue weighted by molar-refractivity contribution is 0.0595. The minimum Gasteiger partial charge on any atom is -0.454 e. The molecule has 2 aliphatic rings. The molecule has 0 fully saturated rings. The summed E-state index contributed by atoms with van der Waals surface area (Å²) in [6.07, 6.45) is 0. The van der Waals surface area contributed by atoms with E-state index in [4.69, 9.17) is 8.83 Å². The van der Waals surface area contributed by atoms with Gasteiger partial charge in [-0.2, -0.15) is 0 Å². The van der Waals surface area contributed by atoms with E-state index in [9.17, 15) is 0 Å². The average Bonchev–Trinajstić information content (AvgIpc) is 1.44. The molecule has 0 N–H and O–H groups in total. The van der Waals surface area contributed by atoms with E-state index < -0.39 is 21.7 Å². The molecule has 450 valence electrons. The molecule has 18 rings (SSSR count). The van der Waals surface area contributed by atoms with Gasteiger partial charge in [0.15, 0.2) is 11.2 Å². The lowest BCUT2D eigenvalue weighted by Gasteiger charge is -2.62. The Balaban J connectivity index is 0.976. The Bertz CT molecular complexity index is 5350. The van der Waals surface area contributed by atoms with Gasteiger partial charge in [-0.3, -0.25) is 0 Å². The summed E-state index contributed by atoms with van der Waals surface area (Å²) in [5.41, 5.74) is 22.0. The van der Waals surface area contributed by atoms with Gasteiger partial charge >= 0.3 is 0 Å². The van der Waals surface area contributed by atoms with E-state index >= 15 is 0 Å². The van der Waals surface area contributed by atoms with E-state index in [-0.39, 0.29) is 0 Å². The van der Waals surface area contributed by atoms with Crippen molar-refractivity contribution in [3.8, 4) is 44.5 Å². The van der Waals surface area contributed by atoms with E-state index in [1.54, 1.807) is 0 Å². The third-order valence-electron chi connectivity index (χ3n) is 21.1. The third kappa shape index (κ3) is 7.74. The molecule has 2 aromatic heterocycles. The zero-order chi connectivity index (χ0) is 63.2. The molecule has 0 aliphatic heterocycles. The molecular weight excluding hydrogens is 1140 g/mol. The van der Waals surface area contributed by atoms with E-state index in [0.717, 1.165) is 99.9 Å². The molecule has 0 amide bonds. The quantitative estimate of drug-likeness (QED) is 0.144. The number of furan rings is 2. The van der Waals surface area contributed by atoms with Crippen LogP contribution in [0.25, 0.3) is 110 Å². The minimum absolute atomic E-state index is 0.490. The fourth-order valence-electron chi connectivity index (χ4n) is 17.6. The van der Waals surface area contributed by atoms with E-state index in [2.05, 4.69) is 355 Å². The zero-order valence-electron chi connectivity index (χ0n) is 53.6.